The summed E-state index contributed by atoms with van der Waals surface area (Å²) in [5.74, 6) is 0.874. The summed E-state index contributed by atoms with van der Waals surface area (Å²) in [7, 11) is 1.58. The van der Waals surface area contributed by atoms with Crippen LogP contribution < -0.4 is 5.56 Å². The fraction of sp³-hybridized carbons (Fsp3) is 0.130. The molecule has 148 valence electrons. The molecule has 0 aliphatic heterocycles. The number of halogens is 1. The maximum Gasteiger partial charge on any atom is 0.266 e. The van der Waals surface area contributed by atoms with E-state index < -0.39 is 0 Å². The number of hydrogen-bond donors (Lipinski definition) is 0. The largest absolute Gasteiger partial charge is 0.501 e. The molecule has 4 nitrogen and oxygen atoms in total. The van der Waals surface area contributed by atoms with E-state index in [9.17, 15) is 9.18 Å². The zero-order valence-corrected chi connectivity index (χ0v) is 17.1. The Labute approximate surface area is 173 Å². The molecule has 0 fully saturated rings. The highest BCUT2D eigenvalue weighted by Crippen LogP contribution is 2.25. The predicted molar refractivity (Wildman–Crippen MR) is 117 cm³/mol. The Kier molecular flexibility index (Phi) is 6.67. The van der Waals surface area contributed by atoms with Crippen LogP contribution in [0, 0.1) is 5.82 Å². The van der Waals surface area contributed by atoms with Gasteiger partial charge in [0.1, 0.15) is 5.82 Å². The monoisotopic (exact) mass is 408 g/mol. The average Bonchev–Trinajstić information content (AvgIpc) is 2.74. The number of rotatable bonds is 7. The van der Waals surface area contributed by atoms with E-state index >= 15 is 0 Å². The van der Waals surface area contributed by atoms with Crippen LogP contribution >= 0.6 is 11.8 Å². The Morgan fingerprint density at radius 3 is 2.76 bits per heavy atom. The molecule has 0 radical (unpaired) electrons. The van der Waals surface area contributed by atoms with Crippen LogP contribution in [0.4, 0.5) is 4.39 Å². The third-order valence-corrected chi connectivity index (χ3v) is 5.29. The number of benzene rings is 2. The summed E-state index contributed by atoms with van der Waals surface area (Å²) in [6.07, 6.45) is 5.12. The maximum atomic E-state index is 13.5. The second-order valence-corrected chi connectivity index (χ2v) is 7.19. The Balaban J connectivity index is 2.12. The summed E-state index contributed by atoms with van der Waals surface area (Å²) in [5, 5.41) is 1.02. The van der Waals surface area contributed by atoms with Gasteiger partial charge in [-0.1, -0.05) is 42.6 Å². The molecule has 0 unspecified atom stereocenters. The van der Waals surface area contributed by atoms with Gasteiger partial charge in [-0.25, -0.2) is 9.37 Å². The van der Waals surface area contributed by atoms with Crippen LogP contribution in [-0.2, 0) is 10.5 Å². The molecule has 29 heavy (non-hydrogen) atoms. The molecule has 2 aromatic carbocycles. The van der Waals surface area contributed by atoms with E-state index in [4.69, 9.17) is 4.74 Å². The van der Waals surface area contributed by atoms with Crippen molar-refractivity contribution in [2.24, 2.45) is 0 Å². The van der Waals surface area contributed by atoms with E-state index in [1.54, 1.807) is 43.5 Å². The van der Waals surface area contributed by atoms with Gasteiger partial charge in [-0.15, -0.1) is 0 Å². The molecular weight excluding hydrogens is 387 g/mol. The van der Waals surface area contributed by atoms with Crippen molar-refractivity contribution >= 4 is 28.4 Å². The van der Waals surface area contributed by atoms with Crippen molar-refractivity contribution in [3.05, 3.63) is 101 Å². The normalized spacial score (nSPS) is 12.2. The van der Waals surface area contributed by atoms with E-state index in [1.165, 1.54) is 28.5 Å². The molecule has 0 aliphatic carbocycles. The number of ether oxygens (including phenoxy) is 1. The first-order valence-electron chi connectivity index (χ1n) is 8.98. The molecule has 1 heterocycles. The Bertz CT molecular complexity index is 1160. The fourth-order valence-corrected chi connectivity index (χ4v) is 3.67. The molecule has 0 atom stereocenters. The highest BCUT2D eigenvalue weighted by Gasteiger charge is 2.14. The van der Waals surface area contributed by atoms with Gasteiger partial charge in [0.05, 0.1) is 29.5 Å². The summed E-state index contributed by atoms with van der Waals surface area (Å²) in [6, 6.07) is 13.6. The van der Waals surface area contributed by atoms with Crippen LogP contribution in [0.5, 0.6) is 0 Å². The lowest BCUT2D eigenvalue weighted by atomic mass is 10.2. The zero-order chi connectivity index (χ0) is 20.8. The molecule has 3 rings (SSSR count). The third-order valence-electron chi connectivity index (χ3n) is 4.28. The SMILES string of the molecule is C=CC(=CC=C(C)OC)n1c(SCc2cccc(F)c2)nc2ccccc2c1=O. The minimum absolute atomic E-state index is 0.188. The molecule has 0 amide bonds. The Morgan fingerprint density at radius 2 is 2.03 bits per heavy atom. The molecule has 3 aromatic rings. The van der Waals surface area contributed by atoms with Crippen LogP contribution in [0.15, 0.2) is 89.0 Å². The standard InChI is InChI=1S/C23H21FN2O2S/c1-4-19(13-12-16(2)28-3)26-22(27)20-10-5-6-11-21(20)25-23(26)29-15-17-8-7-9-18(24)14-17/h4-14H,1,15H2,2-3H3. The Hall–Kier alpha value is -3.12. The van der Waals surface area contributed by atoms with Gasteiger partial charge < -0.3 is 4.74 Å². The number of hydrogen-bond acceptors (Lipinski definition) is 4. The second-order valence-electron chi connectivity index (χ2n) is 6.25. The number of allylic oxidation sites excluding steroid dienone is 5. The smallest absolute Gasteiger partial charge is 0.266 e. The van der Waals surface area contributed by atoms with E-state index in [1.807, 2.05) is 25.1 Å². The molecule has 6 heteroatoms. The zero-order valence-electron chi connectivity index (χ0n) is 16.3. The number of thioether (sulfide) groups is 1. The summed E-state index contributed by atoms with van der Waals surface area (Å²) in [5.41, 5.74) is 1.81. The van der Waals surface area contributed by atoms with Gasteiger partial charge in [-0.2, -0.15) is 0 Å². The van der Waals surface area contributed by atoms with E-state index in [-0.39, 0.29) is 11.4 Å². The Morgan fingerprint density at radius 1 is 1.24 bits per heavy atom. The van der Waals surface area contributed by atoms with Crippen LogP contribution in [0.1, 0.15) is 12.5 Å². The highest BCUT2D eigenvalue weighted by atomic mass is 32.2. The second kappa shape index (κ2) is 9.39. The van der Waals surface area contributed by atoms with Crippen molar-refractivity contribution in [1.29, 1.82) is 0 Å². The predicted octanol–water partition coefficient (Wildman–Crippen LogP) is 5.41. The number of aromatic nitrogens is 2. The molecule has 0 bridgehead atoms. The van der Waals surface area contributed by atoms with E-state index in [0.717, 1.165) is 5.56 Å². The first-order valence-corrected chi connectivity index (χ1v) is 9.96. The van der Waals surface area contributed by atoms with Gasteiger partial charge in [0, 0.05) is 5.75 Å². The number of methoxy groups -OCH3 is 1. The van der Waals surface area contributed by atoms with Crippen LogP contribution in [-0.4, -0.2) is 16.7 Å². The van der Waals surface area contributed by atoms with E-state index in [2.05, 4.69) is 11.6 Å². The molecular formula is C23H21FN2O2S. The maximum absolute atomic E-state index is 13.5. The first kappa shape index (κ1) is 20.6. The van der Waals surface area contributed by atoms with Gasteiger partial charge in [-0.3, -0.25) is 9.36 Å². The molecule has 0 saturated carbocycles. The van der Waals surface area contributed by atoms with Crippen molar-refractivity contribution in [1.82, 2.24) is 9.55 Å². The van der Waals surface area contributed by atoms with Crippen LogP contribution in [0.25, 0.3) is 16.6 Å². The number of para-hydroxylation sites is 1. The quantitative estimate of drug-likeness (QED) is 0.227. The fourth-order valence-electron chi connectivity index (χ4n) is 2.72. The van der Waals surface area contributed by atoms with Crippen molar-refractivity contribution in [3.63, 3.8) is 0 Å². The van der Waals surface area contributed by atoms with Gasteiger partial charge >= 0.3 is 0 Å². The lowest BCUT2D eigenvalue weighted by Crippen LogP contribution is -2.22. The van der Waals surface area contributed by atoms with Gasteiger partial charge in [0.15, 0.2) is 5.16 Å². The minimum atomic E-state index is -0.293. The topological polar surface area (TPSA) is 44.1 Å². The molecule has 0 aliphatic rings. The van der Waals surface area contributed by atoms with Crippen LogP contribution in [0.3, 0.4) is 0 Å². The van der Waals surface area contributed by atoms with Crippen LogP contribution in [0.2, 0.25) is 0 Å². The summed E-state index contributed by atoms with van der Waals surface area (Å²) < 4.78 is 20.2. The molecule has 0 saturated heterocycles. The minimum Gasteiger partial charge on any atom is -0.501 e. The lowest BCUT2D eigenvalue weighted by molar-refractivity contribution is 0.294. The van der Waals surface area contributed by atoms with Crippen molar-refractivity contribution < 1.29 is 9.13 Å². The summed E-state index contributed by atoms with van der Waals surface area (Å²) >= 11 is 1.37. The lowest BCUT2D eigenvalue weighted by Gasteiger charge is -2.14. The van der Waals surface area contributed by atoms with Gasteiger partial charge in [-0.05, 0) is 55.0 Å². The summed E-state index contributed by atoms with van der Waals surface area (Å²) in [6.45, 7) is 5.67. The van der Waals surface area contributed by atoms with Crippen molar-refractivity contribution in [2.45, 2.75) is 17.8 Å². The van der Waals surface area contributed by atoms with Gasteiger partial charge in [0.25, 0.3) is 5.56 Å². The highest BCUT2D eigenvalue weighted by molar-refractivity contribution is 7.98. The van der Waals surface area contributed by atoms with Gasteiger partial charge in [0.2, 0.25) is 0 Å². The number of nitrogens with zero attached hydrogens (tertiary/aromatic N) is 2. The molecule has 1 aromatic heterocycles. The molecule has 0 spiro atoms. The molecule has 0 N–H and O–H groups in total. The van der Waals surface area contributed by atoms with Crippen molar-refractivity contribution in [2.75, 3.05) is 7.11 Å². The number of fused-ring (bicyclic) bond motifs is 1. The van der Waals surface area contributed by atoms with Crippen molar-refractivity contribution in [3.8, 4) is 0 Å². The first-order chi connectivity index (χ1) is 14.0. The average molecular weight is 408 g/mol. The third kappa shape index (κ3) is 4.84. The van der Waals surface area contributed by atoms with E-state index in [0.29, 0.717) is 33.3 Å². The summed E-state index contributed by atoms with van der Waals surface area (Å²) in [4.78, 5) is 17.9.